The van der Waals surface area contributed by atoms with Gasteiger partial charge < -0.3 is 9.64 Å². The van der Waals surface area contributed by atoms with Crippen LogP contribution in [0.25, 0.3) is 10.9 Å². The molecule has 1 amide bonds. The van der Waals surface area contributed by atoms with Gasteiger partial charge in [0, 0.05) is 13.0 Å². The van der Waals surface area contributed by atoms with Crippen LogP contribution in [-0.2, 0) is 33.8 Å². The van der Waals surface area contributed by atoms with Crippen molar-refractivity contribution in [3.8, 4) is 0 Å². The number of carbonyl (C=O) groups is 2. The van der Waals surface area contributed by atoms with Gasteiger partial charge in [0.05, 0.1) is 24.3 Å². The third-order valence-electron chi connectivity index (χ3n) is 5.08. The maximum atomic E-state index is 13.0. The minimum absolute atomic E-state index is 0.188. The predicted molar refractivity (Wildman–Crippen MR) is 103 cm³/mol. The van der Waals surface area contributed by atoms with Crippen molar-refractivity contribution in [1.29, 1.82) is 0 Å². The van der Waals surface area contributed by atoms with Crippen molar-refractivity contribution in [2.75, 3.05) is 7.11 Å². The summed E-state index contributed by atoms with van der Waals surface area (Å²) in [5.41, 5.74) is 2.30. The number of amides is 1. The normalized spacial score (nSPS) is 15.9. The lowest BCUT2D eigenvalue weighted by Crippen LogP contribution is -2.50. The van der Waals surface area contributed by atoms with Gasteiger partial charge >= 0.3 is 5.97 Å². The van der Waals surface area contributed by atoms with E-state index in [9.17, 15) is 14.4 Å². The van der Waals surface area contributed by atoms with Gasteiger partial charge in [-0.25, -0.2) is 9.78 Å². The van der Waals surface area contributed by atoms with Gasteiger partial charge in [0.15, 0.2) is 0 Å². The zero-order valence-electron chi connectivity index (χ0n) is 15.4. The Morgan fingerprint density at radius 1 is 1.11 bits per heavy atom. The average molecular weight is 377 g/mol. The number of methoxy groups -OCH3 is 1. The third-order valence-corrected chi connectivity index (χ3v) is 5.08. The Morgan fingerprint density at radius 3 is 2.61 bits per heavy atom. The van der Waals surface area contributed by atoms with Gasteiger partial charge in [0.1, 0.15) is 12.6 Å². The number of hydrogen-bond acceptors (Lipinski definition) is 5. The summed E-state index contributed by atoms with van der Waals surface area (Å²) in [4.78, 5) is 43.7. The Hall–Kier alpha value is -3.48. The first-order chi connectivity index (χ1) is 13.6. The Morgan fingerprint density at radius 2 is 1.82 bits per heavy atom. The second-order valence-electron chi connectivity index (χ2n) is 6.73. The van der Waals surface area contributed by atoms with Crippen molar-refractivity contribution < 1.29 is 14.3 Å². The Labute approximate surface area is 161 Å². The zero-order chi connectivity index (χ0) is 19.7. The molecule has 1 atom stereocenters. The van der Waals surface area contributed by atoms with Crippen LogP contribution in [0.3, 0.4) is 0 Å². The highest BCUT2D eigenvalue weighted by molar-refractivity contribution is 5.85. The quantitative estimate of drug-likeness (QED) is 0.647. The molecular formula is C21H19N3O4. The Bertz CT molecular complexity index is 1120. The molecule has 142 valence electrons. The van der Waals surface area contributed by atoms with Crippen molar-refractivity contribution >= 4 is 22.8 Å². The van der Waals surface area contributed by atoms with Crippen LogP contribution in [0.1, 0.15) is 11.1 Å². The van der Waals surface area contributed by atoms with Crippen LogP contribution in [0.15, 0.2) is 59.7 Å². The molecule has 0 radical (unpaired) electrons. The van der Waals surface area contributed by atoms with Gasteiger partial charge in [-0.1, -0.05) is 36.4 Å². The van der Waals surface area contributed by atoms with Crippen molar-refractivity contribution in [2.45, 2.75) is 25.6 Å². The van der Waals surface area contributed by atoms with Gasteiger partial charge in [-0.3, -0.25) is 14.2 Å². The van der Waals surface area contributed by atoms with Crippen LogP contribution in [0, 0.1) is 0 Å². The van der Waals surface area contributed by atoms with Crippen LogP contribution in [-0.4, -0.2) is 39.5 Å². The molecule has 1 aromatic heterocycles. The molecule has 2 heterocycles. The van der Waals surface area contributed by atoms with Crippen LogP contribution < -0.4 is 5.56 Å². The van der Waals surface area contributed by atoms with Crippen molar-refractivity contribution in [3.05, 3.63) is 76.3 Å². The van der Waals surface area contributed by atoms with Gasteiger partial charge in [-0.05, 0) is 23.3 Å². The fraction of sp³-hybridized carbons (Fsp3) is 0.238. The van der Waals surface area contributed by atoms with E-state index >= 15 is 0 Å². The highest BCUT2D eigenvalue weighted by atomic mass is 16.5. The number of fused-ring (bicyclic) bond motifs is 2. The third kappa shape index (κ3) is 3.15. The van der Waals surface area contributed by atoms with Crippen molar-refractivity contribution in [2.24, 2.45) is 0 Å². The minimum atomic E-state index is -0.712. The van der Waals surface area contributed by atoms with E-state index in [0.29, 0.717) is 23.9 Å². The second kappa shape index (κ2) is 7.26. The maximum Gasteiger partial charge on any atom is 0.328 e. The number of benzene rings is 2. The highest BCUT2D eigenvalue weighted by Crippen LogP contribution is 2.24. The van der Waals surface area contributed by atoms with E-state index in [2.05, 4.69) is 4.98 Å². The maximum absolute atomic E-state index is 13.0. The molecule has 1 aliphatic rings. The molecule has 2 aromatic carbocycles. The number of hydrogen-bond donors (Lipinski definition) is 0. The first-order valence-electron chi connectivity index (χ1n) is 8.96. The largest absolute Gasteiger partial charge is 0.467 e. The SMILES string of the molecule is COC(=O)[C@H]1Cc2ccccc2CN1C(=O)Cn1cnc2ccccc2c1=O. The van der Waals surface area contributed by atoms with E-state index in [1.165, 1.54) is 22.9 Å². The van der Waals surface area contributed by atoms with E-state index in [0.717, 1.165) is 11.1 Å². The Kier molecular flexibility index (Phi) is 4.65. The molecule has 0 spiro atoms. The zero-order valence-corrected chi connectivity index (χ0v) is 15.4. The van der Waals surface area contributed by atoms with Crippen molar-refractivity contribution in [3.63, 3.8) is 0 Å². The fourth-order valence-corrected chi connectivity index (χ4v) is 3.59. The molecule has 1 aliphatic heterocycles. The van der Waals surface area contributed by atoms with E-state index < -0.39 is 12.0 Å². The lowest BCUT2D eigenvalue weighted by atomic mass is 9.94. The van der Waals surface area contributed by atoms with Gasteiger partial charge in [0.25, 0.3) is 5.56 Å². The molecule has 0 N–H and O–H groups in total. The number of aromatic nitrogens is 2. The summed E-state index contributed by atoms with van der Waals surface area (Å²) in [6.07, 6.45) is 1.76. The number of rotatable bonds is 3. The van der Waals surface area contributed by atoms with Gasteiger partial charge in [-0.15, -0.1) is 0 Å². The first-order valence-corrected chi connectivity index (χ1v) is 8.96. The number of nitrogens with zero attached hydrogens (tertiary/aromatic N) is 3. The standard InChI is InChI=1S/C21H19N3O4/c1-28-21(27)18-10-14-6-2-3-7-15(14)11-24(18)19(25)12-23-13-22-17-9-5-4-8-16(17)20(23)26/h2-9,13,18H,10-12H2,1H3/t18-/m1/s1. The molecule has 7 heteroatoms. The summed E-state index contributed by atoms with van der Waals surface area (Å²) in [6, 6.07) is 14.0. The molecule has 0 saturated heterocycles. The summed E-state index contributed by atoms with van der Waals surface area (Å²) in [5, 5.41) is 0.450. The highest BCUT2D eigenvalue weighted by Gasteiger charge is 2.35. The minimum Gasteiger partial charge on any atom is -0.467 e. The topological polar surface area (TPSA) is 81.5 Å². The van der Waals surface area contributed by atoms with Crippen LogP contribution in [0.5, 0.6) is 0 Å². The van der Waals surface area contributed by atoms with E-state index in [-0.39, 0.29) is 18.0 Å². The van der Waals surface area contributed by atoms with Gasteiger partial charge in [0.2, 0.25) is 5.91 Å². The van der Waals surface area contributed by atoms with E-state index in [1.807, 2.05) is 24.3 Å². The molecule has 3 aromatic rings. The molecule has 0 aliphatic carbocycles. The molecule has 28 heavy (non-hydrogen) atoms. The molecule has 0 bridgehead atoms. The molecule has 0 unspecified atom stereocenters. The lowest BCUT2D eigenvalue weighted by molar-refractivity contribution is -0.154. The summed E-state index contributed by atoms with van der Waals surface area (Å²) in [6.45, 7) is 0.108. The van der Waals surface area contributed by atoms with Crippen molar-refractivity contribution in [1.82, 2.24) is 14.5 Å². The molecule has 0 saturated carbocycles. The molecule has 4 rings (SSSR count). The van der Waals surface area contributed by atoms with Crippen LogP contribution in [0.4, 0.5) is 0 Å². The lowest BCUT2D eigenvalue weighted by Gasteiger charge is -2.35. The van der Waals surface area contributed by atoms with E-state index in [1.54, 1.807) is 24.3 Å². The average Bonchev–Trinajstić information content (AvgIpc) is 2.74. The number of ether oxygens (including phenoxy) is 1. The fourth-order valence-electron chi connectivity index (χ4n) is 3.59. The Balaban J connectivity index is 1.65. The number of esters is 1. The van der Waals surface area contributed by atoms with Crippen LogP contribution in [0.2, 0.25) is 0 Å². The second-order valence-corrected chi connectivity index (χ2v) is 6.73. The predicted octanol–water partition coefficient (Wildman–Crippen LogP) is 1.52. The smallest absolute Gasteiger partial charge is 0.328 e. The monoisotopic (exact) mass is 377 g/mol. The summed E-state index contributed by atoms with van der Waals surface area (Å²) < 4.78 is 6.18. The summed E-state index contributed by atoms with van der Waals surface area (Å²) >= 11 is 0. The first kappa shape index (κ1) is 17.9. The number of para-hydroxylation sites is 1. The van der Waals surface area contributed by atoms with E-state index in [4.69, 9.17) is 4.74 Å². The molecule has 7 nitrogen and oxygen atoms in total. The van der Waals surface area contributed by atoms with Gasteiger partial charge in [-0.2, -0.15) is 0 Å². The molecule has 0 fully saturated rings. The summed E-state index contributed by atoms with van der Waals surface area (Å²) in [7, 11) is 1.31. The summed E-state index contributed by atoms with van der Waals surface area (Å²) in [5.74, 6) is -0.795. The molecular weight excluding hydrogens is 358 g/mol. The van der Waals surface area contributed by atoms with Crippen LogP contribution >= 0.6 is 0 Å². The number of carbonyl (C=O) groups excluding carboxylic acids is 2.